The third-order valence-corrected chi connectivity index (χ3v) is 3.77. The second-order valence-electron chi connectivity index (χ2n) is 3.07. The summed E-state index contributed by atoms with van der Waals surface area (Å²) in [6, 6.07) is 6.73. The van der Waals surface area contributed by atoms with Gasteiger partial charge >= 0.3 is 0 Å². The smallest absolute Gasteiger partial charge is 0.160 e. The molecule has 1 aromatic carbocycles. The minimum atomic E-state index is -0.218. The van der Waals surface area contributed by atoms with Crippen molar-refractivity contribution in [2.24, 2.45) is 0 Å². The molecule has 15 heavy (non-hydrogen) atoms. The molecule has 1 nitrogen and oxygen atoms in total. The molecule has 0 fully saturated rings. The fraction of sp³-hybridized carbons (Fsp3) is 0.182. The molecule has 0 N–H and O–H groups in total. The molecule has 2 aromatic rings. The fourth-order valence-corrected chi connectivity index (χ4v) is 2.93. The summed E-state index contributed by atoms with van der Waals surface area (Å²) in [6.07, 6.45) is 0.868. The Morgan fingerprint density at radius 1 is 1.40 bits per heavy atom. The molecule has 0 aliphatic carbocycles. The quantitative estimate of drug-likeness (QED) is 0.803. The van der Waals surface area contributed by atoms with E-state index < -0.39 is 0 Å². The SMILES string of the molecule is CCc1sc(Br)nc1-c1ccccc1F. The van der Waals surface area contributed by atoms with E-state index in [0.29, 0.717) is 5.56 Å². The van der Waals surface area contributed by atoms with Crippen molar-refractivity contribution in [2.75, 3.05) is 0 Å². The molecule has 1 heterocycles. The first kappa shape index (κ1) is 10.8. The van der Waals surface area contributed by atoms with E-state index in [4.69, 9.17) is 0 Å². The van der Waals surface area contributed by atoms with E-state index >= 15 is 0 Å². The second kappa shape index (κ2) is 4.41. The Bertz CT molecular complexity index is 481. The number of hydrogen-bond acceptors (Lipinski definition) is 2. The summed E-state index contributed by atoms with van der Waals surface area (Å²) in [4.78, 5) is 5.41. The molecule has 0 saturated heterocycles. The zero-order valence-corrected chi connectivity index (χ0v) is 10.5. The van der Waals surface area contributed by atoms with Gasteiger partial charge in [-0.3, -0.25) is 0 Å². The first-order chi connectivity index (χ1) is 7.22. The van der Waals surface area contributed by atoms with Crippen molar-refractivity contribution in [3.05, 3.63) is 38.9 Å². The first-order valence-corrected chi connectivity index (χ1v) is 6.23. The Labute approximate surface area is 100 Å². The van der Waals surface area contributed by atoms with Gasteiger partial charge in [-0.15, -0.1) is 11.3 Å². The average molecular weight is 286 g/mol. The van der Waals surface area contributed by atoms with Crippen LogP contribution in [0.15, 0.2) is 28.2 Å². The summed E-state index contributed by atoms with van der Waals surface area (Å²) < 4.78 is 14.4. The van der Waals surface area contributed by atoms with Gasteiger partial charge in [0.05, 0.1) is 5.69 Å². The highest BCUT2D eigenvalue weighted by Crippen LogP contribution is 2.32. The van der Waals surface area contributed by atoms with Gasteiger partial charge in [-0.2, -0.15) is 0 Å². The summed E-state index contributed by atoms with van der Waals surface area (Å²) in [5.74, 6) is -0.218. The van der Waals surface area contributed by atoms with E-state index in [1.165, 1.54) is 6.07 Å². The van der Waals surface area contributed by atoms with E-state index in [2.05, 4.69) is 20.9 Å². The predicted molar refractivity (Wildman–Crippen MR) is 64.6 cm³/mol. The summed E-state index contributed by atoms with van der Waals surface area (Å²) in [5.41, 5.74) is 1.34. The van der Waals surface area contributed by atoms with Gasteiger partial charge in [-0.25, -0.2) is 9.37 Å². The largest absolute Gasteiger partial charge is 0.229 e. The second-order valence-corrected chi connectivity index (χ2v) is 5.43. The van der Waals surface area contributed by atoms with Crippen LogP contribution in [0.25, 0.3) is 11.3 Å². The molecule has 0 radical (unpaired) electrons. The number of aryl methyl sites for hydroxylation is 1. The monoisotopic (exact) mass is 285 g/mol. The van der Waals surface area contributed by atoms with Crippen molar-refractivity contribution in [1.29, 1.82) is 0 Å². The molecule has 0 aliphatic rings. The van der Waals surface area contributed by atoms with Crippen LogP contribution in [0, 0.1) is 5.82 Å². The highest BCUT2D eigenvalue weighted by atomic mass is 79.9. The van der Waals surface area contributed by atoms with Gasteiger partial charge in [0, 0.05) is 10.4 Å². The van der Waals surface area contributed by atoms with Crippen LogP contribution in [-0.2, 0) is 6.42 Å². The van der Waals surface area contributed by atoms with Gasteiger partial charge in [0.15, 0.2) is 3.92 Å². The molecule has 0 aliphatic heterocycles. The predicted octanol–water partition coefficient (Wildman–Crippen LogP) is 4.27. The lowest BCUT2D eigenvalue weighted by molar-refractivity contribution is 0.630. The van der Waals surface area contributed by atoms with E-state index in [1.807, 2.05) is 13.0 Å². The van der Waals surface area contributed by atoms with Crippen molar-refractivity contribution >= 4 is 27.3 Å². The zero-order valence-electron chi connectivity index (χ0n) is 8.13. The van der Waals surface area contributed by atoms with E-state index in [9.17, 15) is 4.39 Å². The molecular formula is C11H9BrFNS. The molecule has 0 bridgehead atoms. The first-order valence-electron chi connectivity index (χ1n) is 4.62. The van der Waals surface area contributed by atoms with Gasteiger partial charge in [0.25, 0.3) is 0 Å². The third-order valence-electron chi connectivity index (χ3n) is 2.12. The standard InChI is InChI=1S/C11H9BrFNS/c1-2-9-10(14-11(12)15-9)7-5-3-4-6-8(7)13/h3-6H,2H2,1H3. The molecule has 0 spiro atoms. The number of nitrogens with zero attached hydrogens (tertiary/aromatic N) is 1. The Hall–Kier alpha value is -0.740. The number of benzene rings is 1. The Kier molecular flexibility index (Phi) is 3.17. The van der Waals surface area contributed by atoms with Gasteiger partial charge in [-0.1, -0.05) is 19.1 Å². The van der Waals surface area contributed by atoms with Crippen LogP contribution in [0.4, 0.5) is 4.39 Å². The summed E-state index contributed by atoms with van der Waals surface area (Å²) >= 11 is 4.89. The summed E-state index contributed by atoms with van der Waals surface area (Å²) in [5, 5.41) is 0. The minimum Gasteiger partial charge on any atom is -0.229 e. The number of rotatable bonds is 2. The van der Waals surface area contributed by atoms with E-state index in [0.717, 1.165) is 20.9 Å². The maximum Gasteiger partial charge on any atom is 0.160 e. The van der Waals surface area contributed by atoms with Crippen molar-refractivity contribution in [1.82, 2.24) is 4.98 Å². The lowest BCUT2D eigenvalue weighted by Crippen LogP contribution is -1.87. The fourth-order valence-electron chi connectivity index (χ4n) is 1.43. The maximum absolute atomic E-state index is 13.6. The van der Waals surface area contributed by atoms with Crippen molar-refractivity contribution in [3.63, 3.8) is 0 Å². The number of thiazole rings is 1. The molecule has 0 saturated carbocycles. The Morgan fingerprint density at radius 2 is 2.13 bits per heavy atom. The minimum absolute atomic E-state index is 0.218. The van der Waals surface area contributed by atoms with Crippen LogP contribution < -0.4 is 0 Å². The van der Waals surface area contributed by atoms with Crippen molar-refractivity contribution in [2.45, 2.75) is 13.3 Å². The molecule has 0 unspecified atom stereocenters. The summed E-state index contributed by atoms with van der Waals surface area (Å²) in [7, 11) is 0. The Balaban J connectivity index is 2.58. The molecule has 1 aromatic heterocycles. The lowest BCUT2D eigenvalue weighted by Gasteiger charge is -2.00. The normalized spacial score (nSPS) is 10.6. The van der Waals surface area contributed by atoms with Crippen LogP contribution in [0.1, 0.15) is 11.8 Å². The molecular weight excluding hydrogens is 277 g/mol. The average Bonchev–Trinajstić information content (AvgIpc) is 2.60. The van der Waals surface area contributed by atoms with Crippen LogP contribution in [0.3, 0.4) is 0 Å². The zero-order chi connectivity index (χ0) is 10.8. The maximum atomic E-state index is 13.6. The molecule has 78 valence electrons. The van der Waals surface area contributed by atoms with Crippen LogP contribution in [0.2, 0.25) is 0 Å². The lowest BCUT2D eigenvalue weighted by atomic mass is 10.1. The van der Waals surface area contributed by atoms with Gasteiger partial charge in [0.2, 0.25) is 0 Å². The van der Waals surface area contributed by atoms with Gasteiger partial charge < -0.3 is 0 Å². The molecule has 0 atom stereocenters. The number of halogens is 2. The Morgan fingerprint density at radius 3 is 2.80 bits per heavy atom. The molecule has 4 heteroatoms. The van der Waals surface area contributed by atoms with E-state index in [1.54, 1.807) is 23.5 Å². The number of hydrogen-bond donors (Lipinski definition) is 0. The highest BCUT2D eigenvalue weighted by Gasteiger charge is 2.13. The molecule has 2 rings (SSSR count). The van der Waals surface area contributed by atoms with E-state index in [-0.39, 0.29) is 5.82 Å². The molecule has 0 amide bonds. The van der Waals surface area contributed by atoms with Crippen molar-refractivity contribution in [3.8, 4) is 11.3 Å². The van der Waals surface area contributed by atoms with Crippen molar-refractivity contribution < 1.29 is 4.39 Å². The van der Waals surface area contributed by atoms with Gasteiger partial charge in [0.1, 0.15) is 5.82 Å². The number of aromatic nitrogens is 1. The van der Waals surface area contributed by atoms with Crippen LogP contribution in [-0.4, -0.2) is 4.98 Å². The summed E-state index contributed by atoms with van der Waals surface area (Å²) in [6.45, 7) is 2.05. The third kappa shape index (κ3) is 2.11. The van der Waals surface area contributed by atoms with Crippen LogP contribution in [0.5, 0.6) is 0 Å². The highest BCUT2D eigenvalue weighted by molar-refractivity contribution is 9.11. The topological polar surface area (TPSA) is 12.9 Å². The van der Waals surface area contributed by atoms with Gasteiger partial charge in [-0.05, 0) is 34.5 Å². The van der Waals surface area contributed by atoms with Crippen LogP contribution >= 0.6 is 27.3 Å².